The Morgan fingerprint density at radius 2 is 0.933 bits per heavy atom. The van der Waals surface area contributed by atoms with Gasteiger partial charge in [0.05, 0.1) is 37.9 Å². The number of amides is 3. The molecule has 3 rings (SSSR count). The molecule has 0 spiro atoms. The number of carbonyl (C=O) groups excluding carboxylic acids is 3. The van der Waals surface area contributed by atoms with Crippen molar-refractivity contribution in [3.05, 3.63) is 89.5 Å². The van der Waals surface area contributed by atoms with E-state index in [2.05, 4.69) is 72.4 Å². The van der Waals surface area contributed by atoms with E-state index in [4.69, 9.17) is 19.9 Å². The molecule has 0 unspecified atom stereocenters. The number of carbonyl (C=O) groups is 3. The monoisotopic (exact) mass is 835 g/mol. The van der Waals surface area contributed by atoms with Crippen molar-refractivity contribution in [1.29, 1.82) is 0 Å². The molecule has 0 heterocycles. The van der Waals surface area contributed by atoms with Gasteiger partial charge in [-0.2, -0.15) is 0 Å². The molecule has 12 heteroatoms. The van der Waals surface area contributed by atoms with Gasteiger partial charge in [-0.15, -0.1) is 0 Å². The van der Waals surface area contributed by atoms with Crippen molar-refractivity contribution in [2.45, 2.75) is 117 Å². The van der Waals surface area contributed by atoms with E-state index in [9.17, 15) is 14.4 Å². The maximum Gasteiger partial charge on any atom is 0.238 e. The Morgan fingerprint density at radius 1 is 0.583 bits per heavy atom. The quantitative estimate of drug-likeness (QED) is 0.0543. The summed E-state index contributed by atoms with van der Waals surface area (Å²) in [6, 6.07) is 23.8. The van der Waals surface area contributed by atoms with Crippen LogP contribution in [0.15, 0.2) is 72.8 Å². The largest absolute Gasteiger partial charge is 0.494 e. The van der Waals surface area contributed by atoms with Crippen LogP contribution in [0, 0.1) is 0 Å². The average molecular weight is 835 g/mol. The lowest BCUT2D eigenvalue weighted by molar-refractivity contribution is -0.130. The number of nitrogens with one attached hydrogen (secondary N) is 4. The lowest BCUT2D eigenvalue weighted by Crippen LogP contribution is -2.42. The van der Waals surface area contributed by atoms with Gasteiger partial charge in [0.2, 0.25) is 17.7 Å². The first kappa shape index (κ1) is 53.4. The normalized spacial score (nSPS) is 12.0. The Labute approximate surface area is 362 Å². The second kappa shape index (κ2) is 33.1. The van der Waals surface area contributed by atoms with Crippen LogP contribution < -0.4 is 41.2 Å². The fourth-order valence-corrected chi connectivity index (χ4v) is 5.56. The van der Waals surface area contributed by atoms with Crippen molar-refractivity contribution in [2.24, 2.45) is 5.73 Å². The van der Waals surface area contributed by atoms with Crippen molar-refractivity contribution < 1.29 is 28.6 Å². The topological polar surface area (TPSA) is 156 Å². The minimum absolute atomic E-state index is 0.0154. The van der Waals surface area contributed by atoms with Crippen molar-refractivity contribution in [3.63, 3.8) is 0 Å². The number of nitrogens with two attached hydrogens (primary N) is 1. The van der Waals surface area contributed by atoms with Crippen LogP contribution >= 0.6 is 0 Å². The van der Waals surface area contributed by atoms with E-state index in [1.54, 1.807) is 33.0 Å². The van der Waals surface area contributed by atoms with Gasteiger partial charge in [0.1, 0.15) is 17.2 Å². The summed E-state index contributed by atoms with van der Waals surface area (Å²) in [5.41, 5.74) is 8.82. The molecule has 336 valence electrons. The minimum atomic E-state index is -0.323. The molecule has 0 aliphatic heterocycles. The highest BCUT2D eigenvalue weighted by atomic mass is 16.5. The molecular formula is C48H78N6O6. The average Bonchev–Trinajstić information content (AvgIpc) is 3.24. The molecule has 0 saturated heterocycles. The zero-order chi connectivity index (χ0) is 44.5. The summed E-state index contributed by atoms with van der Waals surface area (Å²) in [5.74, 6) is 2.56. The maximum absolute atomic E-state index is 11.7. The number of nitrogens with zero attached hydrogens (tertiary/aromatic N) is 1. The Balaban J connectivity index is 0.000000451. The van der Waals surface area contributed by atoms with Crippen LogP contribution in [0.3, 0.4) is 0 Å². The first-order valence-electron chi connectivity index (χ1n) is 21.9. The highest BCUT2D eigenvalue weighted by Crippen LogP contribution is 2.16. The third-order valence-corrected chi connectivity index (χ3v) is 9.47. The zero-order valence-corrected chi connectivity index (χ0v) is 38.2. The van der Waals surface area contributed by atoms with E-state index < -0.39 is 0 Å². The van der Waals surface area contributed by atoms with Crippen LogP contribution in [0.5, 0.6) is 17.2 Å². The first-order valence-corrected chi connectivity index (χ1v) is 21.9. The number of likely N-dealkylation sites (N-methyl/N-ethyl adjacent to an activating group) is 2. The molecule has 6 N–H and O–H groups in total. The van der Waals surface area contributed by atoms with E-state index in [1.165, 1.54) is 16.7 Å². The summed E-state index contributed by atoms with van der Waals surface area (Å²) in [6.07, 6.45) is 9.26. The van der Waals surface area contributed by atoms with Gasteiger partial charge in [-0.3, -0.25) is 14.4 Å². The number of unbranched alkanes of at least 4 members (excludes halogenated alkanes) is 3. The maximum atomic E-state index is 11.7. The summed E-state index contributed by atoms with van der Waals surface area (Å²) >= 11 is 0. The molecular weight excluding hydrogens is 757 g/mol. The fraction of sp³-hybridized carbons (Fsp3) is 0.562. The van der Waals surface area contributed by atoms with E-state index in [0.29, 0.717) is 0 Å². The van der Waals surface area contributed by atoms with Gasteiger partial charge in [0.15, 0.2) is 0 Å². The van der Waals surface area contributed by atoms with Gasteiger partial charge in [-0.05, 0) is 132 Å². The van der Waals surface area contributed by atoms with Gasteiger partial charge in [-0.25, -0.2) is 0 Å². The van der Waals surface area contributed by atoms with E-state index in [1.807, 2.05) is 56.3 Å². The molecule has 60 heavy (non-hydrogen) atoms. The summed E-state index contributed by atoms with van der Waals surface area (Å²) in [7, 11) is 5.20. The lowest BCUT2D eigenvalue weighted by atomic mass is 10.1. The molecule has 0 aliphatic carbocycles. The van der Waals surface area contributed by atoms with Crippen molar-refractivity contribution in [3.8, 4) is 17.2 Å². The zero-order valence-electron chi connectivity index (χ0n) is 38.2. The second-order valence-electron chi connectivity index (χ2n) is 15.1. The fourth-order valence-electron chi connectivity index (χ4n) is 5.56. The molecule has 3 aromatic carbocycles. The summed E-state index contributed by atoms with van der Waals surface area (Å²) < 4.78 is 17.0. The van der Waals surface area contributed by atoms with Crippen LogP contribution in [0.25, 0.3) is 0 Å². The highest BCUT2D eigenvalue weighted by Gasteiger charge is 2.13. The minimum Gasteiger partial charge on any atom is -0.494 e. The van der Waals surface area contributed by atoms with Crippen LogP contribution in [0.1, 0.15) is 96.8 Å². The molecule has 0 bridgehead atoms. The van der Waals surface area contributed by atoms with E-state index in [0.717, 1.165) is 114 Å². The van der Waals surface area contributed by atoms with Gasteiger partial charge in [0.25, 0.3) is 0 Å². The van der Waals surface area contributed by atoms with Crippen LogP contribution in [0.2, 0.25) is 0 Å². The van der Waals surface area contributed by atoms with Crippen molar-refractivity contribution in [1.82, 2.24) is 26.2 Å². The Bertz CT molecular complexity index is 1600. The standard InChI is InChI=1S/C17H28N2O2.C16H26N2O2.C15H24N2O2/c1-5-6-12-21-16-9-7-8-15(13-16)10-11-18-14(2)17(20)19(3)4;1-4-5-11-20-15-8-6-7-14(12-15)9-10-18-13(2)16(19)17-3;1-3-4-10-19-14-7-5-6-13(11-14)8-9-17-12(2)15(16)18/h7-9,13-14,18H,5-6,10-12H2,1-4H3;6-8,12-13,18H,4-5,9-11H2,1-3H3,(H,17,19);5-7,11-12,17H,3-4,8-10H2,1-2H3,(H2,16,18)/t14-;13-;12-/m011/s1. The number of hydrogen-bond acceptors (Lipinski definition) is 9. The smallest absolute Gasteiger partial charge is 0.238 e. The highest BCUT2D eigenvalue weighted by molar-refractivity contribution is 5.81. The molecule has 3 aromatic rings. The lowest BCUT2D eigenvalue weighted by Gasteiger charge is -2.18. The number of hydrogen-bond donors (Lipinski definition) is 5. The summed E-state index contributed by atoms with van der Waals surface area (Å²) in [4.78, 5) is 35.6. The summed E-state index contributed by atoms with van der Waals surface area (Å²) in [5, 5.41) is 12.2. The first-order chi connectivity index (χ1) is 28.8. The number of primary amides is 1. The van der Waals surface area contributed by atoms with Crippen molar-refractivity contribution >= 4 is 17.7 Å². The number of rotatable bonds is 27. The van der Waals surface area contributed by atoms with E-state index in [-0.39, 0.29) is 35.8 Å². The molecule has 0 aliphatic rings. The number of ether oxygens (including phenoxy) is 3. The molecule has 3 atom stereocenters. The Hall–Kier alpha value is -4.65. The van der Waals surface area contributed by atoms with Gasteiger partial charge < -0.3 is 46.1 Å². The molecule has 0 radical (unpaired) electrons. The van der Waals surface area contributed by atoms with Gasteiger partial charge in [-0.1, -0.05) is 76.4 Å². The van der Waals surface area contributed by atoms with Crippen LogP contribution in [-0.4, -0.2) is 101 Å². The molecule has 12 nitrogen and oxygen atoms in total. The Morgan fingerprint density at radius 3 is 1.25 bits per heavy atom. The third kappa shape index (κ3) is 25.1. The SMILES string of the molecule is CCCCOc1cccc(CCN[C@@H](C)C(=O)N(C)C)c1.CCCCOc1cccc(CCN[C@H](C)C(=O)NC)c1.CCCCOc1cccc(CCN[C@H](C)C(N)=O)c1. The summed E-state index contributed by atoms with van der Waals surface area (Å²) in [6.45, 7) is 16.6. The number of benzene rings is 3. The van der Waals surface area contributed by atoms with Gasteiger partial charge in [0, 0.05) is 21.1 Å². The van der Waals surface area contributed by atoms with E-state index >= 15 is 0 Å². The molecule has 0 aromatic heterocycles. The van der Waals surface area contributed by atoms with Crippen LogP contribution in [-0.2, 0) is 33.6 Å². The van der Waals surface area contributed by atoms with Crippen LogP contribution in [0.4, 0.5) is 0 Å². The molecule has 3 amide bonds. The third-order valence-electron chi connectivity index (χ3n) is 9.47. The van der Waals surface area contributed by atoms with Crippen molar-refractivity contribution in [2.75, 3.05) is 60.6 Å². The predicted octanol–water partition coefficient (Wildman–Crippen LogP) is 6.48. The Kier molecular flexibility index (Phi) is 29.5. The second-order valence-corrected chi connectivity index (χ2v) is 15.1. The molecule has 0 fully saturated rings. The predicted molar refractivity (Wildman–Crippen MR) is 246 cm³/mol. The van der Waals surface area contributed by atoms with Gasteiger partial charge >= 0.3 is 0 Å². The molecule has 0 saturated carbocycles.